The summed E-state index contributed by atoms with van der Waals surface area (Å²) in [6.45, 7) is 3.77. The lowest BCUT2D eigenvalue weighted by molar-refractivity contribution is 0.399. The van der Waals surface area contributed by atoms with Crippen LogP contribution in [0.5, 0.6) is 0 Å². The average molecular weight is 188 g/mol. The summed E-state index contributed by atoms with van der Waals surface area (Å²) in [7, 11) is -3.44. The van der Waals surface area contributed by atoms with Gasteiger partial charge in [0.25, 0.3) is 0 Å². The van der Waals surface area contributed by atoms with E-state index in [2.05, 4.69) is 0 Å². The Kier molecular flexibility index (Phi) is 2.57. The van der Waals surface area contributed by atoms with E-state index in [9.17, 15) is 8.42 Å². The van der Waals surface area contributed by atoms with E-state index in [1.54, 1.807) is 6.08 Å². The van der Waals surface area contributed by atoms with E-state index in [1.165, 1.54) is 5.41 Å². The fourth-order valence-electron chi connectivity index (χ4n) is 0.970. The quantitative estimate of drug-likeness (QED) is 0.622. The summed E-state index contributed by atoms with van der Waals surface area (Å²) in [6.07, 6.45) is 3.10. The molecule has 0 aromatic rings. The highest BCUT2D eigenvalue weighted by Gasteiger charge is 2.16. The number of rotatable bonds is 2. The van der Waals surface area contributed by atoms with Crippen molar-refractivity contribution in [2.24, 2.45) is 0 Å². The van der Waals surface area contributed by atoms with Gasteiger partial charge in [-0.25, -0.2) is 0 Å². The van der Waals surface area contributed by atoms with Gasteiger partial charge in [0, 0.05) is 6.42 Å². The van der Waals surface area contributed by atoms with Gasteiger partial charge < -0.3 is 4.18 Å². The van der Waals surface area contributed by atoms with Crippen molar-refractivity contribution in [3.63, 3.8) is 0 Å². The van der Waals surface area contributed by atoms with E-state index >= 15 is 0 Å². The minimum absolute atomic E-state index is 0.523. The van der Waals surface area contributed by atoms with Crippen LogP contribution in [0, 0.1) is 0 Å². The smallest absolute Gasteiger partial charge is 0.332 e. The average Bonchev–Trinajstić information content (AvgIpc) is 2.01. The minimum atomic E-state index is -3.44. The van der Waals surface area contributed by atoms with Crippen molar-refractivity contribution in [2.45, 2.75) is 26.7 Å². The fraction of sp³-hybridized carbons (Fsp3) is 0.500. The third kappa shape index (κ3) is 2.11. The van der Waals surface area contributed by atoms with Gasteiger partial charge in [0.15, 0.2) is 0 Å². The van der Waals surface area contributed by atoms with Gasteiger partial charge in [-0.15, -0.1) is 0 Å². The Balaban J connectivity index is 3.02. The molecule has 0 aliphatic carbocycles. The largest absolute Gasteiger partial charge is 0.384 e. The third-order valence-corrected chi connectivity index (χ3v) is 2.66. The van der Waals surface area contributed by atoms with E-state index in [0.717, 1.165) is 5.57 Å². The Morgan fingerprint density at radius 3 is 2.50 bits per heavy atom. The molecule has 0 saturated carbocycles. The number of hydrogen-bond donors (Lipinski definition) is 0. The van der Waals surface area contributed by atoms with Crippen molar-refractivity contribution in [3.05, 3.63) is 22.8 Å². The van der Waals surface area contributed by atoms with Crippen LogP contribution in [0.1, 0.15) is 26.7 Å². The fourth-order valence-corrected chi connectivity index (χ4v) is 2.09. The van der Waals surface area contributed by atoms with Gasteiger partial charge in [-0.05, 0) is 18.1 Å². The van der Waals surface area contributed by atoms with Crippen LogP contribution >= 0.6 is 0 Å². The second kappa shape index (κ2) is 3.31. The van der Waals surface area contributed by atoms with Gasteiger partial charge in [0.05, 0.1) is 5.41 Å². The highest BCUT2D eigenvalue weighted by molar-refractivity contribution is 7.89. The zero-order valence-corrected chi connectivity index (χ0v) is 8.02. The topological polar surface area (TPSA) is 43.4 Å². The lowest BCUT2D eigenvalue weighted by Gasteiger charge is -2.12. The molecule has 0 spiro atoms. The Hall–Kier alpha value is -0.770. The summed E-state index contributed by atoms with van der Waals surface area (Å²) < 4.78 is 26.8. The first-order valence-electron chi connectivity index (χ1n) is 3.93. The van der Waals surface area contributed by atoms with Crippen molar-refractivity contribution in [1.29, 1.82) is 0 Å². The molecule has 0 N–H and O–H groups in total. The number of allylic oxidation sites excluding steroid dienone is 3. The van der Waals surface area contributed by atoms with Gasteiger partial charge in [0.2, 0.25) is 0 Å². The summed E-state index contributed by atoms with van der Waals surface area (Å²) in [4.78, 5) is 0. The first-order valence-corrected chi connectivity index (χ1v) is 5.40. The molecule has 0 fully saturated rings. The van der Waals surface area contributed by atoms with Crippen molar-refractivity contribution in [2.75, 3.05) is 0 Å². The maximum absolute atomic E-state index is 11.0. The summed E-state index contributed by atoms with van der Waals surface area (Å²) in [5.74, 6) is 0.523. The number of hydrogen-bond acceptors (Lipinski definition) is 3. The first-order chi connectivity index (χ1) is 5.57. The Morgan fingerprint density at radius 2 is 2.00 bits per heavy atom. The van der Waals surface area contributed by atoms with Gasteiger partial charge in [-0.2, -0.15) is 8.42 Å². The molecule has 0 aromatic carbocycles. The zero-order valence-electron chi connectivity index (χ0n) is 7.20. The van der Waals surface area contributed by atoms with Crippen LogP contribution in [-0.2, 0) is 14.3 Å². The molecule has 4 heteroatoms. The van der Waals surface area contributed by atoms with E-state index in [0.29, 0.717) is 18.6 Å². The predicted molar refractivity (Wildman–Crippen MR) is 46.8 cm³/mol. The third-order valence-electron chi connectivity index (χ3n) is 1.62. The van der Waals surface area contributed by atoms with Crippen LogP contribution in [0.3, 0.4) is 0 Å². The predicted octanol–water partition coefficient (Wildman–Crippen LogP) is 1.93. The maximum Gasteiger partial charge on any atom is 0.332 e. The van der Waals surface area contributed by atoms with E-state index in [4.69, 9.17) is 4.18 Å². The maximum atomic E-state index is 11.0. The molecule has 1 rings (SSSR count). The SMILES string of the molecule is CCC1=CS(=O)(=O)OC(CC)=C1. The second-order valence-corrected chi connectivity index (χ2v) is 3.97. The summed E-state index contributed by atoms with van der Waals surface area (Å²) >= 11 is 0. The normalized spacial score (nSPS) is 20.8. The Morgan fingerprint density at radius 1 is 1.33 bits per heavy atom. The standard InChI is InChI=1S/C8H12O3S/c1-3-7-5-8(4-2)11-12(9,10)6-7/h5-6H,3-4H2,1-2H3. The van der Waals surface area contributed by atoms with Gasteiger partial charge in [-0.1, -0.05) is 13.8 Å². The molecule has 0 saturated heterocycles. The monoisotopic (exact) mass is 188 g/mol. The molecule has 1 aliphatic rings. The Bertz CT molecular complexity index is 322. The molecule has 1 heterocycles. The summed E-state index contributed by atoms with van der Waals surface area (Å²) in [5, 5.41) is 1.17. The molecule has 3 nitrogen and oxygen atoms in total. The van der Waals surface area contributed by atoms with E-state index in [-0.39, 0.29) is 0 Å². The van der Waals surface area contributed by atoms with Crippen LogP contribution < -0.4 is 0 Å². The summed E-state index contributed by atoms with van der Waals surface area (Å²) in [6, 6.07) is 0. The molecule has 1 aliphatic heterocycles. The molecule has 0 unspecified atom stereocenters. The Labute approximate surface area is 72.9 Å². The van der Waals surface area contributed by atoms with Crippen molar-refractivity contribution in [3.8, 4) is 0 Å². The molecular formula is C8H12O3S. The van der Waals surface area contributed by atoms with Crippen molar-refractivity contribution >= 4 is 10.1 Å². The lowest BCUT2D eigenvalue weighted by atomic mass is 10.2. The molecule has 0 amide bonds. The lowest BCUT2D eigenvalue weighted by Crippen LogP contribution is -2.07. The molecule has 0 aromatic heterocycles. The van der Waals surface area contributed by atoms with Crippen LogP contribution in [0.2, 0.25) is 0 Å². The molecular weight excluding hydrogens is 176 g/mol. The van der Waals surface area contributed by atoms with Crippen LogP contribution in [0.25, 0.3) is 0 Å². The van der Waals surface area contributed by atoms with Crippen molar-refractivity contribution < 1.29 is 12.6 Å². The highest BCUT2D eigenvalue weighted by Crippen LogP contribution is 2.21. The van der Waals surface area contributed by atoms with E-state index in [1.807, 2.05) is 13.8 Å². The van der Waals surface area contributed by atoms with Gasteiger partial charge >= 0.3 is 10.1 Å². The highest BCUT2D eigenvalue weighted by atomic mass is 32.2. The first kappa shape index (κ1) is 9.32. The van der Waals surface area contributed by atoms with Gasteiger partial charge in [-0.3, -0.25) is 0 Å². The minimum Gasteiger partial charge on any atom is -0.384 e. The van der Waals surface area contributed by atoms with E-state index < -0.39 is 10.1 Å². The van der Waals surface area contributed by atoms with Crippen LogP contribution in [0.4, 0.5) is 0 Å². The molecule has 0 bridgehead atoms. The van der Waals surface area contributed by atoms with Crippen molar-refractivity contribution in [1.82, 2.24) is 0 Å². The molecule has 12 heavy (non-hydrogen) atoms. The van der Waals surface area contributed by atoms with Crippen LogP contribution in [0.15, 0.2) is 22.8 Å². The van der Waals surface area contributed by atoms with Gasteiger partial charge in [0.1, 0.15) is 5.76 Å². The molecule has 68 valence electrons. The molecule has 0 atom stereocenters. The van der Waals surface area contributed by atoms with Crippen LogP contribution in [-0.4, -0.2) is 8.42 Å². The zero-order chi connectivity index (χ0) is 9.19. The molecule has 0 radical (unpaired) electrons. The summed E-state index contributed by atoms with van der Waals surface area (Å²) in [5.41, 5.74) is 0.804. The second-order valence-electron chi connectivity index (χ2n) is 2.59.